The fourth-order valence-electron chi connectivity index (χ4n) is 3.91. The molecule has 4 rings (SSSR count). The second kappa shape index (κ2) is 10.8. The highest BCUT2D eigenvalue weighted by Gasteiger charge is 2.22. The molecule has 0 spiro atoms. The van der Waals surface area contributed by atoms with Crippen LogP contribution in [0.25, 0.3) is 10.9 Å². The van der Waals surface area contributed by atoms with Gasteiger partial charge in [-0.3, -0.25) is 19.0 Å². The summed E-state index contributed by atoms with van der Waals surface area (Å²) in [4.78, 5) is 44.5. The number of benzene rings is 2. The van der Waals surface area contributed by atoms with E-state index in [1.54, 1.807) is 33.7 Å². The molecule has 0 N–H and O–H groups in total. The van der Waals surface area contributed by atoms with Crippen LogP contribution in [0.15, 0.2) is 58.5 Å². The lowest BCUT2D eigenvalue weighted by molar-refractivity contribution is -0.117. The summed E-state index contributed by atoms with van der Waals surface area (Å²) < 4.78 is 7.05. The molecule has 2 aromatic carbocycles. The van der Waals surface area contributed by atoms with Crippen LogP contribution in [0, 0.1) is 0 Å². The molecular weight excluding hydrogens is 438 g/mol. The molecule has 8 heteroatoms. The topological polar surface area (TPSA) is 81.5 Å². The maximum absolute atomic E-state index is 13.1. The maximum atomic E-state index is 13.1. The predicted octanol–water partition coefficient (Wildman–Crippen LogP) is 3.92. The number of para-hydroxylation sites is 1. The van der Waals surface area contributed by atoms with Crippen LogP contribution in [0.3, 0.4) is 0 Å². The lowest BCUT2D eigenvalue weighted by atomic mass is 10.1. The van der Waals surface area contributed by atoms with Gasteiger partial charge in [-0.1, -0.05) is 36.0 Å². The van der Waals surface area contributed by atoms with Gasteiger partial charge in [0.05, 0.1) is 16.7 Å². The molecule has 0 bridgehead atoms. The van der Waals surface area contributed by atoms with E-state index >= 15 is 0 Å². The molecule has 3 aromatic rings. The van der Waals surface area contributed by atoms with Crippen molar-refractivity contribution in [1.82, 2.24) is 9.55 Å². The number of hydrogen-bond acceptors (Lipinski definition) is 6. The van der Waals surface area contributed by atoms with E-state index in [9.17, 15) is 14.4 Å². The molecule has 1 aliphatic heterocycles. The highest BCUT2D eigenvalue weighted by Crippen LogP contribution is 2.24. The van der Waals surface area contributed by atoms with Crippen molar-refractivity contribution in [2.75, 3.05) is 30.4 Å². The van der Waals surface area contributed by atoms with Gasteiger partial charge in [0.2, 0.25) is 5.91 Å². The molecule has 0 unspecified atom stereocenters. The van der Waals surface area contributed by atoms with Crippen molar-refractivity contribution in [3.63, 3.8) is 0 Å². The molecule has 1 aromatic heterocycles. The van der Waals surface area contributed by atoms with E-state index in [0.29, 0.717) is 60.8 Å². The molecule has 33 heavy (non-hydrogen) atoms. The van der Waals surface area contributed by atoms with Crippen LogP contribution in [-0.2, 0) is 16.1 Å². The van der Waals surface area contributed by atoms with Gasteiger partial charge in [0.25, 0.3) is 5.56 Å². The number of ketones is 1. The third kappa shape index (κ3) is 5.34. The van der Waals surface area contributed by atoms with Crippen LogP contribution >= 0.6 is 11.8 Å². The fraction of sp³-hybridized carbons (Fsp3) is 0.360. The number of rotatable bonds is 10. The minimum absolute atomic E-state index is 0.0724. The van der Waals surface area contributed by atoms with Gasteiger partial charge in [0.1, 0.15) is 0 Å². The van der Waals surface area contributed by atoms with E-state index in [0.717, 1.165) is 12.1 Å². The van der Waals surface area contributed by atoms with Gasteiger partial charge in [0.15, 0.2) is 10.9 Å². The number of fused-ring (bicyclic) bond motifs is 1. The molecule has 2 heterocycles. The fourth-order valence-corrected chi connectivity index (χ4v) is 4.83. The zero-order valence-corrected chi connectivity index (χ0v) is 19.5. The van der Waals surface area contributed by atoms with Gasteiger partial charge in [-0.15, -0.1) is 0 Å². The van der Waals surface area contributed by atoms with Crippen LogP contribution in [0.1, 0.15) is 36.5 Å². The molecule has 0 aliphatic carbocycles. The Bertz CT molecular complexity index is 1220. The summed E-state index contributed by atoms with van der Waals surface area (Å²) in [6.07, 6.45) is 2.06. The molecule has 0 saturated carbocycles. The van der Waals surface area contributed by atoms with Crippen LogP contribution < -0.4 is 10.5 Å². The Morgan fingerprint density at radius 2 is 2.00 bits per heavy atom. The Hall–Kier alpha value is -2.97. The van der Waals surface area contributed by atoms with Gasteiger partial charge >= 0.3 is 0 Å². The van der Waals surface area contributed by atoms with E-state index in [-0.39, 0.29) is 23.0 Å². The summed E-state index contributed by atoms with van der Waals surface area (Å²) in [6, 6.07) is 14.4. The van der Waals surface area contributed by atoms with Crippen molar-refractivity contribution < 1.29 is 14.3 Å². The Kier molecular flexibility index (Phi) is 7.57. The lowest BCUT2D eigenvalue weighted by Crippen LogP contribution is -2.24. The summed E-state index contributed by atoms with van der Waals surface area (Å²) in [5, 5.41) is 1.09. The Morgan fingerprint density at radius 1 is 1.15 bits per heavy atom. The van der Waals surface area contributed by atoms with Gasteiger partial charge in [0, 0.05) is 44.0 Å². The van der Waals surface area contributed by atoms with Crippen molar-refractivity contribution in [3.05, 3.63) is 64.4 Å². The Balaban J connectivity index is 1.54. The molecule has 0 radical (unpaired) electrons. The van der Waals surface area contributed by atoms with Crippen molar-refractivity contribution in [1.29, 1.82) is 0 Å². The average molecular weight is 466 g/mol. The minimum Gasteiger partial charge on any atom is -0.382 e. The lowest BCUT2D eigenvalue weighted by Gasteiger charge is -2.16. The predicted molar refractivity (Wildman–Crippen MR) is 130 cm³/mol. The monoisotopic (exact) mass is 465 g/mol. The number of carbonyl (C=O) groups is 2. The summed E-state index contributed by atoms with van der Waals surface area (Å²) in [6.45, 7) is 4.27. The highest BCUT2D eigenvalue weighted by molar-refractivity contribution is 7.99. The zero-order valence-electron chi connectivity index (χ0n) is 18.7. The number of nitrogens with zero attached hydrogens (tertiary/aromatic N) is 3. The number of Topliss-reactive ketones (excluding diaryl/α,β-unsaturated/α-hetero) is 1. The van der Waals surface area contributed by atoms with E-state index in [1.165, 1.54) is 11.8 Å². The van der Waals surface area contributed by atoms with Crippen molar-refractivity contribution >= 4 is 40.0 Å². The molecule has 1 fully saturated rings. The first-order valence-electron chi connectivity index (χ1n) is 11.2. The average Bonchev–Trinajstić information content (AvgIpc) is 3.27. The second-order valence-corrected chi connectivity index (χ2v) is 8.77. The van der Waals surface area contributed by atoms with Crippen molar-refractivity contribution in [2.45, 2.75) is 37.9 Å². The quantitative estimate of drug-likeness (QED) is 0.195. The normalized spacial score (nSPS) is 13.7. The third-order valence-electron chi connectivity index (χ3n) is 5.59. The number of amides is 1. The van der Waals surface area contributed by atoms with Crippen molar-refractivity contribution in [3.8, 4) is 0 Å². The molecule has 1 saturated heterocycles. The molecule has 172 valence electrons. The standard InChI is InChI=1S/C25H27N3O4S/c1-2-32-15-7-14-28-24(31)20-10-3-4-11-21(20)26-25(28)33-17-22(29)18-8-5-9-19(16-18)27-13-6-12-23(27)30/h3-5,8-11,16H,2,6-7,12-15,17H2,1H3. The summed E-state index contributed by atoms with van der Waals surface area (Å²) in [5.74, 6) is 0.162. The van der Waals surface area contributed by atoms with Crippen LogP contribution in [0.5, 0.6) is 0 Å². The number of carbonyl (C=O) groups excluding carboxylic acids is 2. The SMILES string of the molecule is CCOCCCn1c(SCC(=O)c2cccc(N3CCCC3=O)c2)nc2ccccc2c1=O. The van der Waals surface area contributed by atoms with Gasteiger partial charge < -0.3 is 9.64 Å². The van der Waals surface area contributed by atoms with Crippen LogP contribution in [-0.4, -0.2) is 46.8 Å². The van der Waals surface area contributed by atoms with E-state index in [4.69, 9.17) is 4.74 Å². The first-order chi connectivity index (χ1) is 16.1. The third-order valence-corrected chi connectivity index (χ3v) is 6.56. The second-order valence-electron chi connectivity index (χ2n) is 7.83. The number of thioether (sulfide) groups is 1. The number of ether oxygens (including phenoxy) is 1. The number of aromatic nitrogens is 2. The van der Waals surface area contributed by atoms with E-state index in [2.05, 4.69) is 4.98 Å². The van der Waals surface area contributed by atoms with E-state index < -0.39 is 0 Å². The van der Waals surface area contributed by atoms with E-state index in [1.807, 2.05) is 31.2 Å². The zero-order chi connectivity index (χ0) is 23.2. The smallest absolute Gasteiger partial charge is 0.262 e. The van der Waals surface area contributed by atoms with Gasteiger partial charge in [-0.2, -0.15) is 0 Å². The number of hydrogen-bond donors (Lipinski definition) is 0. The van der Waals surface area contributed by atoms with Crippen molar-refractivity contribution in [2.24, 2.45) is 0 Å². The molecule has 7 nitrogen and oxygen atoms in total. The highest BCUT2D eigenvalue weighted by atomic mass is 32.2. The number of anilines is 1. The molecule has 1 aliphatic rings. The van der Waals surface area contributed by atoms with Crippen LogP contribution in [0.2, 0.25) is 0 Å². The first kappa shape index (κ1) is 23.2. The molecule has 0 atom stereocenters. The largest absolute Gasteiger partial charge is 0.382 e. The van der Waals surface area contributed by atoms with Crippen LogP contribution in [0.4, 0.5) is 5.69 Å². The molecular formula is C25H27N3O4S. The Morgan fingerprint density at radius 3 is 2.79 bits per heavy atom. The molecule has 1 amide bonds. The Labute approximate surface area is 196 Å². The summed E-state index contributed by atoms with van der Waals surface area (Å²) >= 11 is 1.26. The van der Waals surface area contributed by atoms with Gasteiger partial charge in [-0.25, -0.2) is 4.98 Å². The van der Waals surface area contributed by atoms with Gasteiger partial charge in [-0.05, 0) is 44.0 Å². The summed E-state index contributed by atoms with van der Waals surface area (Å²) in [5.41, 5.74) is 1.81. The first-order valence-corrected chi connectivity index (χ1v) is 12.2. The summed E-state index contributed by atoms with van der Waals surface area (Å²) in [7, 11) is 0. The minimum atomic E-state index is -0.110. The maximum Gasteiger partial charge on any atom is 0.262 e.